The van der Waals surface area contributed by atoms with Crippen LogP contribution in [0.15, 0.2) is 53.9 Å². The highest BCUT2D eigenvalue weighted by Gasteiger charge is 2.31. The average Bonchev–Trinajstić information content (AvgIpc) is 2.99. The fourth-order valence-electron chi connectivity index (χ4n) is 3.08. The maximum absolute atomic E-state index is 13.2. The van der Waals surface area contributed by atoms with E-state index in [9.17, 15) is 9.18 Å². The number of amides is 1. The van der Waals surface area contributed by atoms with Gasteiger partial charge in [-0.05, 0) is 29.3 Å². The van der Waals surface area contributed by atoms with E-state index in [1.807, 2.05) is 29.6 Å². The monoisotopic (exact) mass is 357 g/mol. The van der Waals surface area contributed by atoms with Crippen LogP contribution in [-0.2, 0) is 4.79 Å². The number of halogens is 2. The number of thiophene rings is 1. The Morgan fingerprint density at radius 2 is 1.88 bits per heavy atom. The topological polar surface area (TPSA) is 29.1 Å². The van der Waals surface area contributed by atoms with Gasteiger partial charge in [0, 0.05) is 33.2 Å². The van der Waals surface area contributed by atoms with Gasteiger partial charge in [0.1, 0.15) is 5.82 Å². The lowest BCUT2D eigenvalue weighted by Gasteiger charge is -2.24. The Bertz CT molecular complexity index is 919. The standard InChI is InChI=1S/C19H13ClFNOS/c20-16-4-2-1-3-13(16)14-9-17(23)22-18-15(10-24-19(14)18)11-5-7-12(21)8-6-11/h1-8,10,14H,9H2,(H,22,23). The van der Waals surface area contributed by atoms with Gasteiger partial charge in [0.15, 0.2) is 0 Å². The Hall–Kier alpha value is -2.17. The van der Waals surface area contributed by atoms with Crippen molar-refractivity contribution in [1.82, 2.24) is 0 Å². The van der Waals surface area contributed by atoms with E-state index >= 15 is 0 Å². The van der Waals surface area contributed by atoms with Crippen molar-refractivity contribution in [2.75, 3.05) is 5.32 Å². The van der Waals surface area contributed by atoms with E-state index in [1.165, 1.54) is 12.1 Å². The number of anilines is 1. The van der Waals surface area contributed by atoms with Gasteiger partial charge in [-0.3, -0.25) is 4.79 Å². The molecule has 0 saturated heterocycles. The summed E-state index contributed by atoms with van der Waals surface area (Å²) in [6, 6.07) is 13.9. The molecule has 1 amide bonds. The number of carbonyl (C=O) groups excluding carboxylic acids is 1. The molecule has 2 aromatic carbocycles. The van der Waals surface area contributed by atoms with Crippen LogP contribution in [0.3, 0.4) is 0 Å². The highest BCUT2D eigenvalue weighted by atomic mass is 35.5. The number of rotatable bonds is 2. The number of hydrogen-bond donors (Lipinski definition) is 1. The molecule has 1 aromatic heterocycles. The van der Waals surface area contributed by atoms with Gasteiger partial charge in [0.2, 0.25) is 5.91 Å². The molecule has 2 heterocycles. The van der Waals surface area contributed by atoms with Gasteiger partial charge in [0.05, 0.1) is 5.69 Å². The second kappa shape index (κ2) is 6.04. The summed E-state index contributed by atoms with van der Waals surface area (Å²) in [7, 11) is 0. The Kier molecular flexibility index (Phi) is 3.87. The number of fused-ring (bicyclic) bond motifs is 1. The molecule has 4 rings (SSSR count). The minimum atomic E-state index is -0.277. The third-order valence-electron chi connectivity index (χ3n) is 4.23. The van der Waals surface area contributed by atoms with Gasteiger partial charge in [-0.1, -0.05) is 41.9 Å². The van der Waals surface area contributed by atoms with Crippen molar-refractivity contribution in [3.8, 4) is 11.1 Å². The fraction of sp³-hybridized carbons (Fsp3) is 0.105. The fourth-order valence-corrected chi connectivity index (χ4v) is 4.50. The number of carbonyl (C=O) groups is 1. The summed E-state index contributed by atoms with van der Waals surface area (Å²) in [5.74, 6) is -0.364. The Balaban J connectivity index is 1.83. The lowest BCUT2D eigenvalue weighted by atomic mass is 9.89. The van der Waals surface area contributed by atoms with E-state index in [0.29, 0.717) is 11.4 Å². The smallest absolute Gasteiger partial charge is 0.225 e. The van der Waals surface area contributed by atoms with Crippen LogP contribution in [-0.4, -0.2) is 5.91 Å². The molecule has 1 aliphatic rings. The van der Waals surface area contributed by atoms with Crippen molar-refractivity contribution in [2.24, 2.45) is 0 Å². The molecule has 3 aromatic rings. The Morgan fingerprint density at radius 1 is 1.12 bits per heavy atom. The Labute approximate surface area is 147 Å². The molecule has 0 bridgehead atoms. The zero-order valence-corrected chi connectivity index (χ0v) is 14.1. The highest BCUT2D eigenvalue weighted by Crippen LogP contribution is 2.47. The molecule has 0 aliphatic carbocycles. The SMILES string of the molecule is O=C1CC(c2ccccc2Cl)c2scc(-c3ccc(F)cc3)c2N1. The first-order valence-electron chi connectivity index (χ1n) is 7.55. The van der Waals surface area contributed by atoms with Crippen molar-refractivity contribution >= 4 is 34.5 Å². The lowest BCUT2D eigenvalue weighted by molar-refractivity contribution is -0.116. The number of benzene rings is 2. The van der Waals surface area contributed by atoms with E-state index < -0.39 is 0 Å². The minimum absolute atomic E-state index is 0.0332. The van der Waals surface area contributed by atoms with Crippen molar-refractivity contribution in [3.05, 3.63) is 75.2 Å². The van der Waals surface area contributed by atoms with E-state index in [2.05, 4.69) is 5.32 Å². The molecular weight excluding hydrogens is 345 g/mol. The van der Waals surface area contributed by atoms with Crippen molar-refractivity contribution in [2.45, 2.75) is 12.3 Å². The molecule has 0 fully saturated rings. The molecule has 5 heteroatoms. The van der Waals surface area contributed by atoms with Gasteiger partial charge < -0.3 is 5.32 Å². The third-order valence-corrected chi connectivity index (χ3v) is 5.67. The molecule has 2 nitrogen and oxygen atoms in total. The van der Waals surface area contributed by atoms with Crippen LogP contribution < -0.4 is 5.32 Å². The summed E-state index contributed by atoms with van der Waals surface area (Å²) in [6.45, 7) is 0. The van der Waals surface area contributed by atoms with Gasteiger partial charge in [-0.25, -0.2) is 4.39 Å². The van der Waals surface area contributed by atoms with Crippen LogP contribution in [0, 0.1) is 5.82 Å². The first-order valence-corrected chi connectivity index (χ1v) is 8.81. The minimum Gasteiger partial charge on any atom is -0.325 e. The van der Waals surface area contributed by atoms with Crippen molar-refractivity contribution in [3.63, 3.8) is 0 Å². The highest BCUT2D eigenvalue weighted by molar-refractivity contribution is 7.11. The average molecular weight is 358 g/mol. The molecule has 0 saturated carbocycles. The van der Waals surface area contributed by atoms with Crippen LogP contribution in [0.1, 0.15) is 22.8 Å². The molecule has 1 unspecified atom stereocenters. The summed E-state index contributed by atoms with van der Waals surface area (Å²) in [5, 5.41) is 5.65. The van der Waals surface area contributed by atoms with Crippen LogP contribution in [0.4, 0.5) is 10.1 Å². The second-order valence-electron chi connectivity index (χ2n) is 5.72. The maximum atomic E-state index is 13.2. The number of hydrogen-bond acceptors (Lipinski definition) is 2. The predicted octanol–water partition coefficient (Wildman–Crippen LogP) is 5.68. The second-order valence-corrected chi connectivity index (χ2v) is 7.04. The summed E-state index contributed by atoms with van der Waals surface area (Å²) in [4.78, 5) is 13.3. The largest absolute Gasteiger partial charge is 0.325 e. The molecule has 0 spiro atoms. The van der Waals surface area contributed by atoms with Crippen LogP contribution in [0.2, 0.25) is 5.02 Å². The Morgan fingerprint density at radius 3 is 2.62 bits per heavy atom. The van der Waals surface area contributed by atoms with Crippen LogP contribution in [0.5, 0.6) is 0 Å². The molecule has 120 valence electrons. The first kappa shape index (κ1) is 15.4. The van der Waals surface area contributed by atoms with E-state index in [1.54, 1.807) is 23.5 Å². The normalized spacial score (nSPS) is 16.6. The summed E-state index contributed by atoms with van der Waals surface area (Å²) < 4.78 is 13.2. The molecular formula is C19H13ClFNOS. The molecule has 24 heavy (non-hydrogen) atoms. The molecule has 1 atom stereocenters. The van der Waals surface area contributed by atoms with Crippen LogP contribution in [0.25, 0.3) is 11.1 Å². The maximum Gasteiger partial charge on any atom is 0.225 e. The molecule has 0 radical (unpaired) electrons. The van der Waals surface area contributed by atoms with Gasteiger partial charge >= 0.3 is 0 Å². The zero-order chi connectivity index (χ0) is 16.7. The van der Waals surface area contributed by atoms with Gasteiger partial charge in [-0.2, -0.15) is 0 Å². The summed E-state index contributed by atoms with van der Waals surface area (Å²) >= 11 is 7.94. The molecule has 1 aliphatic heterocycles. The zero-order valence-electron chi connectivity index (χ0n) is 12.6. The van der Waals surface area contributed by atoms with Gasteiger partial charge in [0.25, 0.3) is 0 Å². The van der Waals surface area contributed by atoms with E-state index in [4.69, 9.17) is 11.6 Å². The number of nitrogens with one attached hydrogen (secondary N) is 1. The van der Waals surface area contributed by atoms with Gasteiger partial charge in [-0.15, -0.1) is 11.3 Å². The molecule has 1 N–H and O–H groups in total. The summed E-state index contributed by atoms with van der Waals surface area (Å²) in [6.07, 6.45) is 0.375. The third kappa shape index (κ3) is 2.62. The van der Waals surface area contributed by atoms with E-state index in [0.717, 1.165) is 27.3 Å². The lowest BCUT2D eigenvalue weighted by Crippen LogP contribution is -2.22. The van der Waals surface area contributed by atoms with E-state index in [-0.39, 0.29) is 17.6 Å². The van der Waals surface area contributed by atoms with Crippen molar-refractivity contribution < 1.29 is 9.18 Å². The quantitative estimate of drug-likeness (QED) is 0.628. The predicted molar refractivity (Wildman–Crippen MR) is 96.3 cm³/mol. The van der Waals surface area contributed by atoms with Crippen LogP contribution >= 0.6 is 22.9 Å². The van der Waals surface area contributed by atoms with Crippen molar-refractivity contribution in [1.29, 1.82) is 0 Å². The first-order chi connectivity index (χ1) is 11.6. The summed E-state index contributed by atoms with van der Waals surface area (Å²) in [5.41, 5.74) is 3.57.